The molecule has 0 unspecified atom stereocenters. The fourth-order valence-corrected chi connectivity index (χ4v) is 0.761. The van der Waals surface area contributed by atoms with Crippen LogP contribution in [0.15, 0.2) is 24.3 Å². The zero-order valence-electron chi connectivity index (χ0n) is 7.16. The van der Waals surface area contributed by atoms with Gasteiger partial charge in [-0.05, 0) is 17.6 Å². The van der Waals surface area contributed by atoms with Crippen LogP contribution in [0.25, 0.3) is 0 Å². The van der Waals surface area contributed by atoms with Crippen LogP contribution in [-0.2, 0) is 0 Å². The topological polar surface area (TPSA) is 40.5 Å². The van der Waals surface area contributed by atoms with E-state index in [0.717, 1.165) is 0 Å². The molecule has 0 fully saturated rings. The van der Waals surface area contributed by atoms with Crippen molar-refractivity contribution in [3.05, 3.63) is 29.3 Å². The fraction of sp³-hybridized carbons (Fsp3) is 0.250. The standard InChI is InChI=1S/C6H6BClO2.C2H6/c8-6-3-1-5(2-4-6)7(9)10;1-2/h1-4,9-10H;1-2H3. The van der Waals surface area contributed by atoms with Crippen molar-refractivity contribution >= 4 is 24.2 Å². The average molecular weight is 186 g/mol. The highest BCUT2D eigenvalue weighted by Gasteiger charge is 2.08. The normalized spacial score (nSPS) is 8.42. The van der Waals surface area contributed by atoms with Gasteiger partial charge >= 0.3 is 7.12 Å². The maximum atomic E-state index is 8.63. The van der Waals surface area contributed by atoms with Crippen LogP contribution in [-0.4, -0.2) is 17.2 Å². The molecule has 0 atom stereocenters. The van der Waals surface area contributed by atoms with E-state index < -0.39 is 7.12 Å². The largest absolute Gasteiger partial charge is 0.488 e. The summed E-state index contributed by atoms with van der Waals surface area (Å²) < 4.78 is 0. The van der Waals surface area contributed by atoms with Gasteiger partial charge in [0.2, 0.25) is 0 Å². The van der Waals surface area contributed by atoms with Crippen molar-refractivity contribution in [2.45, 2.75) is 13.8 Å². The maximum Gasteiger partial charge on any atom is 0.488 e. The molecule has 4 heteroatoms. The van der Waals surface area contributed by atoms with Crippen LogP contribution in [0.5, 0.6) is 0 Å². The zero-order chi connectivity index (χ0) is 9.56. The zero-order valence-corrected chi connectivity index (χ0v) is 7.92. The lowest BCUT2D eigenvalue weighted by Crippen LogP contribution is -2.29. The first-order valence-corrected chi connectivity index (χ1v) is 4.19. The summed E-state index contributed by atoms with van der Waals surface area (Å²) in [7, 11) is -1.41. The van der Waals surface area contributed by atoms with Crippen LogP contribution in [0.1, 0.15) is 13.8 Å². The second kappa shape index (κ2) is 6.06. The third kappa shape index (κ3) is 3.76. The number of hydrogen-bond acceptors (Lipinski definition) is 2. The van der Waals surface area contributed by atoms with Gasteiger partial charge in [-0.3, -0.25) is 0 Å². The first-order chi connectivity index (χ1) is 5.70. The van der Waals surface area contributed by atoms with Gasteiger partial charge in [0.15, 0.2) is 0 Å². The molecule has 0 spiro atoms. The van der Waals surface area contributed by atoms with Gasteiger partial charge in [-0.1, -0.05) is 37.6 Å². The van der Waals surface area contributed by atoms with Crippen LogP contribution < -0.4 is 5.46 Å². The van der Waals surface area contributed by atoms with Crippen molar-refractivity contribution in [3.63, 3.8) is 0 Å². The molecule has 0 radical (unpaired) electrons. The van der Waals surface area contributed by atoms with E-state index in [1.165, 1.54) is 0 Å². The summed E-state index contributed by atoms with van der Waals surface area (Å²) in [6.07, 6.45) is 0. The minimum Gasteiger partial charge on any atom is -0.423 e. The van der Waals surface area contributed by atoms with E-state index in [4.69, 9.17) is 21.6 Å². The molecule has 2 N–H and O–H groups in total. The summed E-state index contributed by atoms with van der Waals surface area (Å²) in [6, 6.07) is 6.34. The Labute approximate surface area is 78.0 Å². The van der Waals surface area contributed by atoms with Crippen molar-refractivity contribution in [1.29, 1.82) is 0 Å². The van der Waals surface area contributed by atoms with Crippen molar-refractivity contribution in [3.8, 4) is 0 Å². The Bertz CT molecular complexity index is 211. The van der Waals surface area contributed by atoms with Crippen LogP contribution in [0.2, 0.25) is 5.02 Å². The van der Waals surface area contributed by atoms with Crippen LogP contribution in [0.4, 0.5) is 0 Å². The van der Waals surface area contributed by atoms with Crippen LogP contribution in [0, 0.1) is 0 Å². The Hall–Kier alpha value is -0.505. The molecular formula is C8H12BClO2. The monoisotopic (exact) mass is 186 g/mol. The van der Waals surface area contributed by atoms with E-state index in [1.807, 2.05) is 13.8 Å². The molecule has 0 aliphatic rings. The van der Waals surface area contributed by atoms with E-state index in [1.54, 1.807) is 24.3 Å². The third-order valence-electron chi connectivity index (χ3n) is 1.17. The molecule has 0 saturated carbocycles. The van der Waals surface area contributed by atoms with Crippen molar-refractivity contribution in [2.75, 3.05) is 0 Å². The van der Waals surface area contributed by atoms with Gasteiger partial charge in [0.05, 0.1) is 0 Å². The number of halogens is 1. The lowest BCUT2D eigenvalue weighted by molar-refractivity contribution is 0.426. The van der Waals surface area contributed by atoms with E-state index >= 15 is 0 Å². The Morgan fingerprint density at radius 1 is 1.08 bits per heavy atom. The van der Waals surface area contributed by atoms with E-state index in [2.05, 4.69) is 0 Å². The van der Waals surface area contributed by atoms with E-state index in [-0.39, 0.29) is 0 Å². The molecule has 2 nitrogen and oxygen atoms in total. The minimum atomic E-state index is -1.41. The summed E-state index contributed by atoms with van der Waals surface area (Å²) in [5.74, 6) is 0. The molecule has 0 bridgehead atoms. The quantitative estimate of drug-likeness (QED) is 0.644. The lowest BCUT2D eigenvalue weighted by atomic mass is 9.81. The van der Waals surface area contributed by atoms with Crippen molar-refractivity contribution < 1.29 is 10.0 Å². The molecule has 0 aliphatic heterocycles. The van der Waals surface area contributed by atoms with Gasteiger partial charge in [0.1, 0.15) is 0 Å². The first kappa shape index (κ1) is 11.5. The molecule has 0 saturated heterocycles. The maximum absolute atomic E-state index is 8.63. The fourth-order valence-electron chi connectivity index (χ4n) is 0.635. The summed E-state index contributed by atoms with van der Waals surface area (Å²) in [5.41, 5.74) is 0.449. The second-order valence-electron chi connectivity index (χ2n) is 1.93. The predicted octanol–water partition coefficient (Wildman–Crippen LogP) is 1.05. The molecule has 0 amide bonds. The molecule has 1 aromatic carbocycles. The SMILES string of the molecule is CC.OB(O)c1ccc(Cl)cc1. The van der Waals surface area contributed by atoms with E-state index in [9.17, 15) is 0 Å². The Morgan fingerprint density at radius 2 is 1.50 bits per heavy atom. The Morgan fingerprint density at radius 3 is 1.83 bits per heavy atom. The molecule has 66 valence electrons. The smallest absolute Gasteiger partial charge is 0.423 e. The Balaban J connectivity index is 0.000000561. The van der Waals surface area contributed by atoms with Gasteiger partial charge in [0.25, 0.3) is 0 Å². The number of rotatable bonds is 1. The molecule has 1 aromatic rings. The summed E-state index contributed by atoms with van der Waals surface area (Å²) >= 11 is 5.55. The minimum absolute atomic E-state index is 0.449. The molecule has 0 aromatic heterocycles. The molecule has 0 heterocycles. The number of hydrogen-bond donors (Lipinski definition) is 2. The van der Waals surface area contributed by atoms with Crippen LogP contribution in [0.3, 0.4) is 0 Å². The summed E-state index contributed by atoms with van der Waals surface area (Å²) in [5, 5.41) is 17.8. The predicted molar refractivity (Wildman–Crippen MR) is 52.6 cm³/mol. The Kier molecular flexibility index (Phi) is 5.81. The highest BCUT2D eigenvalue weighted by Crippen LogP contribution is 2.03. The molecular weight excluding hydrogens is 174 g/mol. The van der Waals surface area contributed by atoms with Crippen LogP contribution >= 0.6 is 11.6 Å². The molecule has 0 aliphatic carbocycles. The first-order valence-electron chi connectivity index (χ1n) is 3.82. The molecule has 12 heavy (non-hydrogen) atoms. The van der Waals surface area contributed by atoms with Gasteiger partial charge in [-0.25, -0.2) is 0 Å². The second-order valence-corrected chi connectivity index (χ2v) is 2.36. The van der Waals surface area contributed by atoms with Crippen molar-refractivity contribution in [1.82, 2.24) is 0 Å². The average Bonchev–Trinajstić information content (AvgIpc) is 2.09. The highest BCUT2D eigenvalue weighted by atomic mass is 35.5. The van der Waals surface area contributed by atoms with Gasteiger partial charge in [-0.2, -0.15) is 0 Å². The van der Waals surface area contributed by atoms with E-state index in [0.29, 0.717) is 10.5 Å². The van der Waals surface area contributed by atoms with Gasteiger partial charge in [0, 0.05) is 5.02 Å². The van der Waals surface area contributed by atoms with Crippen molar-refractivity contribution in [2.24, 2.45) is 0 Å². The lowest BCUT2D eigenvalue weighted by Gasteiger charge is -1.96. The summed E-state index contributed by atoms with van der Waals surface area (Å²) in [6.45, 7) is 4.00. The number of benzene rings is 1. The van der Waals surface area contributed by atoms with Gasteiger partial charge in [-0.15, -0.1) is 0 Å². The molecule has 1 rings (SSSR count). The highest BCUT2D eigenvalue weighted by molar-refractivity contribution is 6.58. The van der Waals surface area contributed by atoms with Gasteiger partial charge < -0.3 is 10.0 Å². The third-order valence-corrected chi connectivity index (χ3v) is 1.42. The summed E-state index contributed by atoms with van der Waals surface area (Å²) in [4.78, 5) is 0.